The van der Waals surface area contributed by atoms with Gasteiger partial charge in [-0.05, 0) is 64.4 Å². The van der Waals surface area contributed by atoms with Crippen LogP contribution in [-0.4, -0.2) is 107 Å². The molecule has 2 atom stereocenters. The number of rotatable bonds is 8. The van der Waals surface area contributed by atoms with Crippen LogP contribution in [-0.2, 0) is 31.2 Å². The number of thiophene rings is 2. The lowest BCUT2D eigenvalue weighted by Gasteiger charge is -2.38. The summed E-state index contributed by atoms with van der Waals surface area (Å²) in [6.45, 7) is 12.2. The molecule has 0 amide bonds. The number of aromatic nitrogens is 4. The maximum Gasteiger partial charge on any atom is 0.252 e. The predicted octanol–water partition coefficient (Wildman–Crippen LogP) is 3.34. The van der Waals surface area contributed by atoms with Crippen molar-refractivity contribution in [3.05, 3.63) is 70.9 Å². The van der Waals surface area contributed by atoms with E-state index in [9.17, 15) is 27.0 Å². The van der Waals surface area contributed by atoms with Crippen LogP contribution in [0.25, 0.3) is 0 Å². The summed E-state index contributed by atoms with van der Waals surface area (Å²) in [6, 6.07) is 6.01. The minimum atomic E-state index is -3.52. The topological polar surface area (TPSA) is 173 Å². The average Bonchev–Trinajstić information content (AvgIpc) is 3.89. The third-order valence-electron chi connectivity index (χ3n) is 8.69. The van der Waals surface area contributed by atoms with Crippen LogP contribution >= 0.6 is 22.7 Å². The van der Waals surface area contributed by atoms with Crippen molar-refractivity contribution in [1.29, 1.82) is 0 Å². The molecule has 0 bridgehead atoms. The highest BCUT2D eigenvalue weighted by molar-refractivity contribution is 7.91. The molecule has 0 aliphatic carbocycles. The van der Waals surface area contributed by atoms with Crippen molar-refractivity contribution < 1.29 is 27.0 Å². The lowest BCUT2D eigenvalue weighted by Crippen LogP contribution is -2.54. The number of piperazine rings is 2. The van der Waals surface area contributed by atoms with Gasteiger partial charge in [0.05, 0.1) is 11.2 Å². The van der Waals surface area contributed by atoms with Gasteiger partial charge >= 0.3 is 0 Å². The molecule has 0 aromatic carbocycles. The first-order valence-electron chi connectivity index (χ1n) is 17.0. The molecule has 4 aromatic heterocycles. The molecule has 0 radical (unpaired) electrons. The second-order valence-corrected chi connectivity index (χ2v) is 19.7. The van der Waals surface area contributed by atoms with Gasteiger partial charge in [-0.15, -0.1) is 34.5 Å². The number of hydrogen-bond donors (Lipinski definition) is 2. The number of sulfonamides is 2. The first-order chi connectivity index (χ1) is 25.5. The van der Waals surface area contributed by atoms with Crippen molar-refractivity contribution in [3.8, 4) is 23.7 Å². The van der Waals surface area contributed by atoms with Crippen LogP contribution in [0.15, 0.2) is 68.2 Å². The normalized spacial score (nSPS) is 18.8. The molecule has 6 rings (SSSR count). The Hall–Kier alpha value is -3.98. The molecular weight excluding hydrogens is 769 g/mol. The van der Waals surface area contributed by atoms with Gasteiger partial charge in [-0.1, -0.05) is 24.0 Å². The lowest BCUT2D eigenvalue weighted by molar-refractivity contribution is 0.0772. The minimum Gasteiger partial charge on any atom is -0.386 e. The van der Waals surface area contributed by atoms with E-state index in [1.54, 1.807) is 101 Å². The Labute approximate surface area is 325 Å². The molecule has 2 saturated heterocycles. The Kier molecular flexibility index (Phi) is 12.8. The highest BCUT2D eigenvalue weighted by Crippen LogP contribution is 2.28. The Morgan fingerprint density at radius 2 is 1.00 bits per heavy atom. The third-order valence-corrected chi connectivity index (χ3v) is 15.2. The van der Waals surface area contributed by atoms with E-state index in [2.05, 4.69) is 43.6 Å². The molecule has 14 nitrogen and oxygen atoms in total. The predicted molar refractivity (Wildman–Crippen MR) is 210 cm³/mol. The van der Waals surface area contributed by atoms with Crippen LogP contribution in [0.2, 0.25) is 0 Å². The van der Waals surface area contributed by atoms with Gasteiger partial charge in [-0.3, -0.25) is 0 Å². The molecule has 2 aliphatic rings. The number of hydrogen-bond acceptors (Lipinski definition) is 14. The summed E-state index contributed by atoms with van der Waals surface area (Å²) in [5, 5.41) is 23.6. The first kappa shape index (κ1) is 41.2. The number of anilines is 2. The van der Waals surface area contributed by atoms with E-state index >= 15 is 0 Å². The van der Waals surface area contributed by atoms with Crippen molar-refractivity contribution in [3.63, 3.8) is 0 Å². The van der Waals surface area contributed by atoms with Crippen LogP contribution in [0.3, 0.4) is 0 Å². The summed E-state index contributed by atoms with van der Waals surface area (Å²) in [4.78, 5) is 21.3. The summed E-state index contributed by atoms with van der Waals surface area (Å²) < 4.78 is 54.8. The van der Waals surface area contributed by atoms with Crippen molar-refractivity contribution in [2.24, 2.45) is 0 Å². The van der Waals surface area contributed by atoms with Crippen molar-refractivity contribution in [2.75, 3.05) is 49.1 Å². The van der Waals surface area contributed by atoms with Gasteiger partial charge in [0.1, 0.15) is 20.5 Å². The zero-order valence-electron chi connectivity index (χ0n) is 30.9. The van der Waals surface area contributed by atoms with Crippen LogP contribution in [0.4, 0.5) is 11.9 Å². The molecule has 6 heterocycles. The summed E-state index contributed by atoms with van der Waals surface area (Å²) in [6.07, 6.45) is 6.36. The summed E-state index contributed by atoms with van der Waals surface area (Å²) in [5.74, 6) is 12.8. The molecular formula is C36H44N8O6S4. The van der Waals surface area contributed by atoms with Gasteiger partial charge in [0.2, 0.25) is 11.9 Å². The largest absolute Gasteiger partial charge is 0.386 e. The van der Waals surface area contributed by atoms with Crippen molar-refractivity contribution in [2.45, 2.75) is 73.2 Å². The molecule has 0 spiro atoms. The number of aliphatic hydroxyl groups is 2. The average molecular weight is 813 g/mol. The second kappa shape index (κ2) is 16.8. The molecule has 54 heavy (non-hydrogen) atoms. The number of nitrogens with zero attached hydrogens (tertiary/aromatic N) is 8. The highest BCUT2D eigenvalue weighted by atomic mass is 32.3. The maximum absolute atomic E-state index is 12.8. The fraction of sp³-hybridized carbons (Fsp3) is 0.444. The summed E-state index contributed by atoms with van der Waals surface area (Å²) in [7, 11) is -7.04. The van der Waals surface area contributed by atoms with Gasteiger partial charge in [0.15, 0.2) is 0 Å². The van der Waals surface area contributed by atoms with Gasteiger partial charge in [0.25, 0.3) is 20.0 Å². The van der Waals surface area contributed by atoms with E-state index in [0.29, 0.717) is 57.6 Å². The smallest absolute Gasteiger partial charge is 0.252 e. The van der Waals surface area contributed by atoms with Crippen LogP contribution in [0.5, 0.6) is 0 Å². The molecule has 18 heteroatoms. The molecule has 2 fully saturated rings. The molecule has 0 saturated carbocycles. The Bertz CT molecular complexity index is 2040. The monoisotopic (exact) mass is 812 g/mol. The van der Waals surface area contributed by atoms with Gasteiger partial charge in [-0.25, -0.2) is 36.8 Å². The fourth-order valence-corrected chi connectivity index (χ4v) is 10.8. The molecule has 2 aliphatic heterocycles. The van der Waals surface area contributed by atoms with Crippen LogP contribution in [0.1, 0.15) is 52.7 Å². The molecule has 288 valence electrons. The zero-order valence-corrected chi connectivity index (χ0v) is 34.2. The van der Waals surface area contributed by atoms with E-state index in [1.807, 2.05) is 9.80 Å². The zero-order chi connectivity index (χ0) is 39.3. The summed E-state index contributed by atoms with van der Waals surface area (Å²) in [5.41, 5.74) is -0.810. The highest BCUT2D eigenvalue weighted by Gasteiger charge is 2.37. The van der Waals surface area contributed by atoms with E-state index in [4.69, 9.17) is 0 Å². The van der Waals surface area contributed by atoms with Crippen LogP contribution in [0, 0.1) is 23.7 Å². The molecule has 4 aromatic rings. The second-order valence-electron chi connectivity index (χ2n) is 13.5. The first-order valence-corrected chi connectivity index (χ1v) is 21.7. The quantitative estimate of drug-likeness (QED) is 0.249. The minimum absolute atomic E-state index is 0.248. The Morgan fingerprint density at radius 1 is 0.648 bits per heavy atom. The Balaban J connectivity index is 0.000000208. The lowest BCUT2D eigenvalue weighted by atomic mass is 10.0. The SMILES string of the molecule is CC#C[C@@H]1CN(S(=O)(=O)c2cccs2)CCN1c1ncc(C(C)(C)O)cn1.CC#C[C@H]1CN(S(=O)(=O)c2cccs2)CCN1c1ncc(C(C)(C)O)cn1. The summed E-state index contributed by atoms with van der Waals surface area (Å²) >= 11 is 2.42. The molecule has 0 unspecified atom stereocenters. The fourth-order valence-electron chi connectivity index (χ4n) is 5.66. The maximum atomic E-state index is 12.8. The van der Waals surface area contributed by atoms with E-state index < -0.39 is 31.2 Å². The molecule has 2 N–H and O–H groups in total. The van der Waals surface area contributed by atoms with E-state index in [0.717, 1.165) is 0 Å². The van der Waals surface area contributed by atoms with E-state index in [-0.39, 0.29) is 25.2 Å². The van der Waals surface area contributed by atoms with Gasteiger partial charge < -0.3 is 20.0 Å². The van der Waals surface area contributed by atoms with Gasteiger partial charge in [0, 0.05) is 75.2 Å². The van der Waals surface area contributed by atoms with Crippen LogP contribution < -0.4 is 9.80 Å². The van der Waals surface area contributed by atoms with Crippen molar-refractivity contribution >= 4 is 54.6 Å². The van der Waals surface area contributed by atoms with E-state index in [1.165, 1.54) is 31.3 Å². The standard InChI is InChI=1S/2C18H22N4O3S2/c2*1-4-6-15-13-21(27(24,25)16-7-5-10-26-16)8-9-22(15)17-19-11-14(12-20-17)18(2,3)23/h2*5,7,10-12,15,23H,8-9,13H2,1-3H3/t2*15-/m10/s1. The van der Waals surface area contributed by atoms with Crippen molar-refractivity contribution in [1.82, 2.24) is 28.5 Å². The third kappa shape index (κ3) is 9.45. The van der Waals surface area contributed by atoms with Gasteiger partial charge in [-0.2, -0.15) is 8.61 Å². The Morgan fingerprint density at radius 3 is 1.28 bits per heavy atom.